The van der Waals surface area contributed by atoms with E-state index in [1.54, 1.807) is 0 Å². The van der Waals surface area contributed by atoms with Crippen LogP contribution < -0.4 is 49.6 Å². The van der Waals surface area contributed by atoms with Crippen molar-refractivity contribution in [2.24, 2.45) is 0 Å². The Morgan fingerprint density at radius 2 is 0.917 bits per heavy atom. The smallest absolute Gasteiger partial charge is 1.00 e. The second-order valence-corrected chi connectivity index (χ2v) is 11.0. The van der Waals surface area contributed by atoms with Gasteiger partial charge in [0.15, 0.2) is 0 Å². The van der Waals surface area contributed by atoms with Gasteiger partial charge in [-0.15, -0.1) is 0 Å². The van der Waals surface area contributed by atoms with Crippen LogP contribution in [0, 0.1) is 0 Å². The number of halogens is 4. The molecule has 2 rings (SSSR count). The zero-order valence-electron chi connectivity index (χ0n) is 14.4. The van der Waals surface area contributed by atoms with Crippen LogP contribution in [0.25, 0.3) is 0 Å². The van der Waals surface area contributed by atoms with Gasteiger partial charge in [0, 0.05) is 0 Å². The minimum atomic E-state index is -0.571. The molecule has 0 fully saturated rings. The summed E-state index contributed by atoms with van der Waals surface area (Å²) in [6.07, 6.45) is 27.3. The minimum absolute atomic E-state index is 0. The summed E-state index contributed by atoms with van der Waals surface area (Å²) in [6, 6.07) is 0. The maximum atomic E-state index is 2.52. The van der Waals surface area contributed by atoms with E-state index in [9.17, 15) is 0 Å². The van der Waals surface area contributed by atoms with Crippen molar-refractivity contribution in [2.45, 2.75) is 58.6 Å². The fraction of sp³-hybridized carbons (Fsp3) is 0.556. The predicted molar refractivity (Wildman–Crippen MR) is 81.0 cm³/mol. The first-order chi connectivity index (χ1) is 9.24. The quantitative estimate of drug-likeness (QED) is 0.275. The monoisotopic (exact) mass is 562 g/mol. The van der Waals surface area contributed by atoms with Crippen LogP contribution in [0.1, 0.15) is 52.4 Å². The summed E-state index contributed by atoms with van der Waals surface area (Å²) < 4.78 is 0.957. The summed E-state index contributed by atoms with van der Waals surface area (Å²) in [6.45, 7) is 4.62. The van der Waals surface area contributed by atoms with E-state index >= 15 is 0 Å². The zero-order valence-corrected chi connectivity index (χ0v) is 22.3. The van der Waals surface area contributed by atoms with E-state index in [1.807, 2.05) is 0 Å². The predicted octanol–water partition coefficient (Wildman–Crippen LogP) is -5.97. The SMILES string of the molecule is CCCC[C]1([Zr+2][C]2(CCCC)C=CC=C2)C=CC=C1.[Cl-].[Cl-].[Cl-].[Cl-].[Zr+4]. The first kappa shape index (κ1) is 33.5. The van der Waals surface area contributed by atoms with Crippen LogP contribution in [0.3, 0.4) is 0 Å². The fourth-order valence-electron chi connectivity index (χ4n) is 3.02. The molecule has 0 N–H and O–H groups in total. The summed E-state index contributed by atoms with van der Waals surface area (Å²) >= 11 is -0.571. The van der Waals surface area contributed by atoms with Gasteiger partial charge in [0.2, 0.25) is 0 Å². The van der Waals surface area contributed by atoms with Crippen LogP contribution in [0.5, 0.6) is 0 Å². The molecule has 2 aliphatic carbocycles. The van der Waals surface area contributed by atoms with Gasteiger partial charge in [-0.3, -0.25) is 0 Å². The van der Waals surface area contributed by atoms with Gasteiger partial charge in [0.05, 0.1) is 0 Å². The summed E-state index contributed by atoms with van der Waals surface area (Å²) in [5.41, 5.74) is 0. The molecule has 0 spiro atoms. The van der Waals surface area contributed by atoms with Crippen molar-refractivity contribution in [1.29, 1.82) is 0 Å². The molecule has 0 atom stereocenters. The molecule has 0 saturated carbocycles. The van der Waals surface area contributed by atoms with Crippen molar-refractivity contribution in [3.05, 3.63) is 48.6 Å². The Hall–Kier alpha value is 1.89. The van der Waals surface area contributed by atoms with Crippen LogP contribution >= 0.6 is 0 Å². The Morgan fingerprint density at radius 3 is 1.17 bits per heavy atom. The van der Waals surface area contributed by atoms with E-state index in [2.05, 4.69) is 62.5 Å². The van der Waals surface area contributed by atoms with Crippen molar-refractivity contribution in [1.82, 2.24) is 0 Å². The molecular weight excluding hydrogens is 540 g/mol. The second kappa shape index (κ2) is 17.0. The number of allylic oxidation sites excluding steroid dienone is 8. The molecule has 0 unspecified atom stereocenters. The van der Waals surface area contributed by atoms with E-state index < -0.39 is 23.2 Å². The van der Waals surface area contributed by atoms with Crippen molar-refractivity contribution in [2.75, 3.05) is 0 Å². The van der Waals surface area contributed by atoms with Crippen molar-refractivity contribution in [3.63, 3.8) is 0 Å². The van der Waals surface area contributed by atoms with Crippen molar-refractivity contribution in [3.8, 4) is 0 Å². The Morgan fingerprint density at radius 1 is 0.625 bits per heavy atom. The van der Waals surface area contributed by atoms with Gasteiger partial charge in [-0.25, -0.2) is 0 Å². The average Bonchev–Trinajstić information content (AvgIpc) is 3.05. The number of unbranched alkanes of at least 4 members (excludes halogenated alkanes) is 2. The molecule has 0 aromatic rings. The van der Waals surface area contributed by atoms with Crippen LogP contribution in [0.2, 0.25) is 6.25 Å². The van der Waals surface area contributed by atoms with Gasteiger partial charge in [0.25, 0.3) is 0 Å². The van der Waals surface area contributed by atoms with Crippen LogP contribution in [0.15, 0.2) is 48.6 Å². The second-order valence-electron chi connectivity index (χ2n) is 5.85. The van der Waals surface area contributed by atoms with Gasteiger partial charge < -0.3 is 49.6 Å². The number of rotatable bonds is 8. The maximum absolute atomic E-state index is 2.52. The van der Waals surface area contributed by atoms with Gasteiger partial charge in [-0.2, -0.15) is 0 Å². The Bertz CT molecular complexity index is 355. The molecule has 0 aromatic heterocycles. The van der Waals surface area contributed by atoms with Gasteiger partial charge in [0.1, 0.15) is 0 Å². The molecule has 2 aliphatic rings. The molecule has 6 heteroatoms. The Balaban J connectivity index is -0.000000400. The van der Waals surface area contributed by atoms with Crippen LogP contribution in [-0.4, -0.2) is 0 Å². The molecule has 0 aromatic carbocycles. The number of hydrogen-bond acceptors (Lipinski definition) is 0. The third-order valence-corrected chi connectivity index (χ3v) is 9.31. The van der Waals surface area contributed by atoms with Gasteiger partial charge in [-0.1, -0.05) is 0 Å². The topological polar surface area (TPSA) is 0 Å². The summed E-state index contributed by atoms with van der Waals surface area (Å²) in [5.74, 6) is 0. The number of hydrogen-bond donors (Lipinski definition) is 0. The van der Waals surface area contributed by atoms with Crippen molar-refractivity contribution < 1.29 is 99.1 Å². The summed E-state index contributed by atoms with van der Waals surface area (Å²) in [4.78, 5) is 0. The maximum Gasteiger partial charge on any atom is 4.00 e. The fourth-order valence-corrected chi connectivity index (χ4v) is 8.40. The first-order valence-electron chi connectivity index (χ1n) is 7.78. The standard InChI is InChI=1S/2C9H13.4ClH.2Zr/c2*1-2-3-6-9-7-4-5-8-9;;;;;;/h2*4-5,7-8H,2-3,6H2,1H3;4*1H;;/q;;;;;;+2;+4/p-4. The molecule has 0 nitrogen and oxygen atoms in total. The molecule has 24 heavy (non-hydrogen) atoms. The Kier molecular flexibility index (Phi) is 23.7. The zero-order chi connectivity index (χ0) is 13.6. The molecule has 132 valence electrons. The van der Waals surface area contributed by atoms with E-state index in [0.717, 1.165) is 0 Å². The van der Waals surface area contributed by atoms with E-state index in [-0.39, 0.29) is 75.8 Å². The normalized spacial score (nSPS) is 16.8. The van der Waals surface area contributed by atoms with E-state index in [0.29, 0.717) is 6.25 Å². The minimum Gasteiger partial charge on any atom is -1.00 e. The van der Waals surface area contributed by atoms with Gasteiger partial charge >= 0.3 is 157 Å². The average molecular weight is 567 g/mol. The third kappa shape index (κ3) is 9.71. The molecule has 0 aliphatic heterocycles. The molecule has 0 saturated heterocycles. The summed E-state index contributed by atoms with van der Waals surface area (Å²) in [5, 5.41) is 0. The van der Waals surface area contributed by atoms with Crippen LogP contribution in [0.4, 0.5) is 0 Å². The molecule has 0 heterocycles. The Labute approximate surface area is 204 Å². The van der Waals surface area contributed by atoms with E-state index in [4.69, 9.17) is 0 Å². The summed E-state index contributed by atoms with van der Waals surface area (Å²) in [7, 11) is 0. The molecule has 0 bridgehead atoms. The largest absolute Gasteiger partial charge is 4.00 e. The molecular formula is C18H26Cl4Zr2+2. The van der Waals surface area contributed by atoms with Crippen LogP contribution in [-0.2, 0) is 49.4 Å². The first-order valence-corrected chi connectivity index (χ1v) is 10.2. The van der Waals surface area contributed by atoms with Gasteiger partial charge in [-0.05, 0) is 0 Å². The molecule has 0 radical (unpaired) electrons. The van der Waals surface area contributed by atoms with E-state index in [1.165, 1.54) is 38.5 Å². The van der Waals surface area contributed by atoms with Crippen molar-refractivity contribution >= 4 is 0 Å². The third-order valence-electron chi connectivity index (χ3n) is 4.15. The molecule has 0 amide bonds.